The summed E-state index contributed by atoms with van der Waals surface area (Å²) in [6, 6.07) is 0. The van der Waals surface area contributed by atoms with Crippen molar-refractivity contribution in [1.82, 2.24) is 0 Å². The molecule has 0 unspecified atom stereocenters. The minimum Gasteiger partial charge on any atom is -0.477 e. The smallest absolute Gasteiger partial charge is 0.341 e. The molecule has 4 heteroatoms. The third-order valence-corrected chi connectivity index (χ3v) is 2.74. The molecule has 0 aliphatic heterocycles. The van der Waals surface area contributed by atoms with E-state index in [1.807, 2.05) is 24.3 Å². The Bertz CT molecular complexity index is 442. The van der Waals surface area contributed by atoms with Gasteiger partial charge in [-0.1, -0.05) is 42.5 Å². The van der Waals surface area contributed by atoms with Crippen LogP contribution in [0.15, 0.2) is 59.1 Å². The number of hydrogen-bond acceptors (Lipinski definition) is 3. The fraction of sp³-hybridized carbons (Fsp3) is 0.267. The molecular formula is C15H18O3S. The summed E-state index contributed by atoms with van der Waals surface area (Å²) in [6.45, 7) is 1.25. The lowest BCUT2D eigenvalue weighted by Gasteiger charge is -2.04. The molecule has 1 aliphatic rings. The minimum absolute atomic E-state index is 0.0272. The molecule has 1 N–H and O–H groups in total. The molecular weight excluding hydrogens is 260 g/mol. The Morgan fingerprint density at radius 1 is 1.42 bits per heavy atom. The third-order valence-electron chi connectivity index (χ3n) is 2.40. The molecule has 0 atom stereocenters. The number of hydrogen-bond donors (Lipinski definition) is 2. The van der Waals surface area contributed by atoms with Gasteiger partial charge in [-0.3, -0.25) is 0 Å². The highest BCUT2D eigenvalue weighted by molar-refractivity contribution is 7.85. The third kappa shape index (κ3) is 7.49. The second-order valence-electron chi connectivity index (χ2n) is 3.97. The van der Waals surface area contributed by atoms with Crippen LogP contribution in [0.2, 0.25) is 0 Å². The maximum atomic E-state index is 10.4. The van der Waals surface area contributed by atoms with E-state index in [4.69, 9.17) is 9.84 Å². The lowest BCUT2D eigenvalue weighted by molar-refractivity contribution is -0.131. The van der Waals surface area contributed by atoms with Crippen molar-refractivity contribution in [3.8, 4) is 0 Å². The molecule has 0 spiro atoms. The molecule has 102 valence electrons. The van der Waals surface area contributed by atoms with E-state index in [9.17, 15) is 4.79 Å². The van der Waals surface area contributed by atoms with Crippen LogP contribution in [-0.2, 0) is 9.53 Å². The molecule has 19 heavy (non-hydrogen) atoms. The molecule has 0 radical (unpaired) electrons. The van der Waals surface area contributed by atoms with Gasteiger partial charge >= 0.3 is 5.97 Å². The van der Waals surface area contributed by atoms with Gasteiger partial charge in [0.25, 0.3) is 0 Å². The van der Waals surface area contributed by atoms with E-state index in [2.05, 4.69) is 24.8 Å². The Balaban J connectivity index is 2.15. The summed E-state index contributed by atoms with van der Waals surface area (Å²) in [6.07, 6.45) is 16.9. The van der Waals surface area contributed by atoms with Crippen LogP contribution in [0.1, 0.15) is 12.8 Å². The summed E-state index contributed by atoms with van der Waals surface area (Å²) >= 11 is 3.81. The Morgan fingerprint density at radius 2 is 2.26 bits per heavy atom. The average molecular weight is 278 g/mol. The number of carbonyl (C=O) groups is 1. The molecule has 0 bridgehead atoms. The second kappa shape index (κ2) is 9.42. The minimum atomic E-state index is -1.02. The highest BCUT2D eigenvalue weighted by Crippen LogP contribution is 2.07. The molecule has 0 saturated carbocycles. The number of thiol groups is 1. The monoisotopic (exact) mass is 278 g/mol. The number of carboxylic acid groups (broad SMARTS) is 1. The van der Waals surface area contributed by atoms with Crippen molar-refractivity contribution in [2.75, 3.05) is 13.2 Å². The zero-order chi connectivity index (χ0) is 13.9. The maximum absolute atomic E-state index is 10.4. The number of allylic oxidation sites excluding steroid dienone is 7. The number of ether oxygens (including phenoxy) is 1. The Labute approximate surface area is 119 Å². The van der Waals surface area contributed by atoms with Crippen LogP contribution in [0.4, 0.5) is 0 Å². The molecule has 0 aromatic rings. The van der Waals surface area contributed by atoms with Gasteiger partial charge in [0, 0.05) is 0 Å². The van der Waals surface area contributed by atoms with Gasteiger partial charge < -0.3 is 9.84 Å². The molecule has 1 aliphatic carbocycles. The first-order valence-electron chi connectivity index (χ1n) is 6.08. The van der Waals surface area contributed by atoms with Crippen molar-refractivity contribution in [3.05, 3.63) is 59.1 Å². The Kier molecular flexibility index (Phi) is 7.70. The zero-order valence-electron chi connectivity index (χ0n) is 10.7. The second-order valence-corrected chi connectivity index (χ2v) is 4.45. The van der Waals surface area contributed by atoms with E-state index >= 15 is 0 Å². The Hall–Kier alpha value is -1.52. The highest BCUT2D eigenvalue weighted by Gasteiger charge is 1.97. The van der Waals surface area contributed by atoms with E-state index in [0.717, 1.165) is 12.8 Å². The number of rotatable bonds is 7. The van der Waals surface area contributed by atoms with Crippen molar-refractivity contribution >= 4 is 18.6 Å². The highest BCUT2D eigenvalue weighted by atomic mass is 32.1. The van der Waals surface area contributed by atoms with E-state index < -0.39 is 5.97 Å². The van der Waals surface area contributed by atoms with Gasteiger partial charge in [0.15, 0.2) is 0 Å². The summed E-state index contributed by atoms with van der Waals surface area (Å²) in [5, 5.41) is 8.57. The summed E-state index contributed by atoms with van der Waals surface area (Å²) in [5.41, 5.74) is 1.25. The molecule has 0 saturated heterocycles. The quantitative estimate of drug-likeness (QED) is 0.325. The van der Waals surface area contributed by atoms with Crippen LogP contribution < -0.4 is 0 Å². The molecule has 0 aromatic heterocycles. The van der Waals surface area contributed by atoms with Crippen LogP contribution in [-0.4, -0.2) is 24.3 Å². The summed E-state index contributed by atoms with van der Waals surface area (Å²) < 4.78 is 5.54. The predicted octanol–water partition coefficient (Wildman–Crippen LogP) is 3.29. The van der Waals surface area contributed by atoms with E-state index in [-0.39, 0.29) is 4.91 Å². The number of carboxylic acids is 1. The molecule has 0 amide bonds. The fourth-order valence-electron chi connectivity index (χ4n) is 1.41. The largest absolute Gasteiger partial charge is 0.477 e. The molecule has 0 aromatic carbocycles. The first-order valence-corrected chi connectivity index (χ1v) is 6.53. The zero-order valence-corrected chi connectivity index (χ0v) is 11.6. The van der Waals surface area contributed by atoms with Gasteiger partial charge in [0.05, 0.1) is 18.1 Å². The van der Waals surface area contributed by atoms with E-state index in [1.54, 1.807) is 6.08 Å². The van der Waals surface area contributed by atoms with Crippen LogP contribution in [0.5, 0.6) is 0 Å². The lowest BCUT2D eigenvalue weighted by Crippen LogP contribution is -1.98. The van der Waals surface area contributed by atoms with E-state index in [1.165, 1.54) is 11.6 Å². The lowest BCUT2D eigenvalue weighted by atomic mass is 10.2. The van der Waals surface area contributed by atoms with Gasteiger partial charge in [-0.15, -0.1) is 12.6 Å². The van der Waals surface area contributed by atoms with Crippen LogP contribution in [0.25, 0.3) is 0 Å². The van der Waals surface area contributed by atoms with Crippen LogP contribution in [0.3, 0.4) is 0 Å². The van der Waals surface area contributed by atoms with Crippen molar-refractivity contribution < 1.29 is 14.6 Å². The SMILES string of the molecule is O=C(O)/C(S)=C/C=C/CCOCC1=CC=CC=CC1. The molecule has 0 fully saturated rings. The van der Waals surface area contributed by atoms with Crippen molar-refractivity contribution in [3.63, 3.8) is 0 Å². The fourth-order valence-corrected chi connectivity index (χ4v) is 1.50. The first-order chi connectivity index (χ1) is 9.20. The van der Waals surface area contributed by atoms with Gasteiger partial charge in [-0.25, -0.2) is 4.79 Å². The molecule has 1 rings (SSSR count). The standard InChI is InChI=1S/C15H18O3S/c16-15(17)14(19)10-6-3-7-11-18-12-13-8-4-1-2-5-9-13/h1-6,8,10,19H,7,9,11-12H2,(H,16,17)/b6-3+,14-10-. The predicted molar refractivity (Wildman–Crippen MR) is 80.3 cm³/mol. The van der Waals surface area contributed by atoms with Crippen LogP contribution in [0, 0.1) is 0 Å². The number of aliphatic carboxylic acids is 1. The summed E-state index contributed by atoms with van der Waals surface area (Å²) in [7, 11) is 0. The molecule has 0 heterocycles. The summed E-state index contributed by atoms with van der Waals surface area (Å²) in [4.78, 5) is 10.5. The van der Waals surface area contributed by atoms with Crippen molar-refractivity contribution in [2.45, 2.75) is 12.8 Å². The topological polar surface area (TPSA) is 46.5 Å². The van der Waals surface area contributed by atoms with Gasteiger partial charge in [0.2, 0.25) is 0 Å². The van der Waals surface area contributed by atoms with Crippen LogP contribution >= 0.6 is 12.6 Å². The summed E-state index contributed by atoms with van der Waals surface area (Å²) in [5.74, 6) is -1.02. The van der Waals surface area contributed by atoms with Gasteiger partial charge in [-0.2, -0.15) is 0 Å². The van der Waals surface area contributed by atoms with E-state index in [0.29, 0.717) is 13.2 Å². The normalized spacial score (nSPS) is 15.6. The van der Waals surface area contributed by atoms with Gasteiger partial charge in [0.1, 0.15) is 0 Å². The van der Waals surface area contributed by atoms with Crippen molar-refractivity contribution in [2.24, 2.45) is 0 Å². The Morgan fingerprint density at radius 3 is 3.05 bits per heavy atom. The van der Waals surface area contributed by atoms with Gasteiger partial charge in [-0.05, 0) is 24.5 Å². The van der Waals surface area contributed by atoms with Crippen molar-refractivity contribution in [1.29, 1.82) is 0 Å². The maximum Gasteiger partial charge on any atom is 0.341 e. The first kappa shape index (κ1) is 15.5. The average Bonchev–Trinajstić information content (AvgIpc) is 2.65. The molecule has 3 nitrogen and oxygen atoms in total.